The van der Waals surface area contributed by atoms with Crippen molar-refractivity contribution in [3.8, 4) is 0 Å². The summed E-state index contributed by atoms with van der Waals surface area (Å²) in [5.74, 6) is 2.67. The number of nitrogens with zero attached hydrogens (tertiary/aromatic N) is 1. The molecule has 0 bridgehead atoms. The molecule has 1 aromatic heterocycles. The normalized spacial score (nSPS) is 29.1. The van der Waals surface area contributed by atoms with E-state index in [1.807, 2.05) is 11.8 Å². The van der Waals surface area contributed by atoms with Gasteiger partial charge in [-0.2, -0.15) is 23.1 Å². The average Bonchev–Trinajstić information content (AvgIpc) is 3.07. The van der Waals surface area contributed by atoms with Crippen LogP contribution in [0.4, 0.5) is 0 Å². The third-order valence-electron chi connectivity index (χ3n) is 4.04. The topological polar surface area (TPSA) is 32.3 Å². The number of hydrogen-bond acceptors (Lipinski definition) is 4. The molecule has 0 spiro atoms. The Morgan fingerprint density at radius 1 is 1.42 bits per heavy atom. The van der Waals surface area contributed by atoms with Gasteiger partial charge >= 0.3 is 0 Å². The van der Waals surface area contributed by atoms with E-state index >= 15 is 0 Å². The van der Waals surface area contributed by atoms with E-state index in [4.69, 9.17) is 0 Å². The first-order valence-electron chi connectivity index (χ1n) is 6.99. The fraction of sp³-hybridized carbons (Fsp3) is 0.643. The SMILES string of the molecule is CCC1NC(c2ccsc2)N(C2CCSCC2)C1=O. The monoisotopic (exact) mass is 296 g/mol. The standard InChI is InChI=1S/C14H20N2OS2/c1-2-12-14(17)16(11-4-7-18-8-5-11)13(15-12)10-3-6-19-9-10/h3,6,9,11-13,15H,2,4-5,7-8H2,1H3. The third kappa shape index (κ3) is 2.56. The summed E-state index contributed by atoms with van der Waals surface area (Å²) in [7, 11) is 0. The summed E-state index contributed by atoms with van der Waals surface area (Å²) in [6.45, 7) is 2.08. The van der Waals surface area contributed by atoms with Crippen molar-refractivity contribution in [1.82, 2.24) is 10.2 Å². The molecule has 19 heavy (non-hydrogen) atoms. The summed E-state index contributed by atoms with van der Waals surface area (Å²) < 4.78 is 0. The van der Waals surface area contributed by atoms with E-state index in [1.165, 1.54) is 17.1 Å². The second kappa shape index (κ2) is 5.85. The van der Waals surface area contributed by atoms with E-state index in [1.54, 1.807) is 11.3 Å². The number of carbonyl (C=O) groups excluding carboxylic acids is 1. The van der Waals surface area contributed by atoms with Crippen LogP contribution in [0.5, 0.6) is 0 Å². The predicted octanol–water partition coefficient (Wildman–Crippen LogP) is 2.85. The van der Waals surface area contributed by atoms with Gasteiger partial charge < -0.3 is 4.90 Å². The first kappa shape index (κ1) is 13.5. The van der Waals surface area contributed by atoms with Crippen LogP contribution in [-0.4, -0.2) is 34.4 Å². The number of carbonyl (C=O) groups is 1. The zero-order chi connectivity index (χ0) is 13.2. The lowest BCUT2D eigenvalue weighted by Crippen LogP contribution is -2.42. The van der Waals surface area contributed by atoms with Crippen LogP contribution in [0.3, 0.4) is 0 Å². The lowest BCUT2D eigenvalue weighted by molar-refractivity contribution is -0.132. The molecule has 3 rings (SSSR count). The molecule has 2 unspecified atom stereocenters. The molecule has 3 heterocycles. The molecule has 0 aliphatic carbocycles. The number of thiophene rings is 1. The van der Waals surface area contributed by atoms with Gasteiger partial charge in [-0.05, 0) is 53.2 Å². The molecular formula is C14H20N2OS2. The fourth-order valence-corrected chi connectivity index (χ4v) is 4.74. The van der Waals surface area contributed by atoms with Gasteiger partial charge in [-0.15, -0.1) is 0 Å². The van der Waals surface area contributed by atoms with Crippen LogP contribution in [0, 0.1) is 0 Å². The van der Waals surface area contributed by atoms with Gasteiger partial charge in [-0.25, -0.2) is 0 Å². The highest BCUT2D eigenvalue weighted by atomic mass is 32.2. The number of rotatable bonds is 3. The van der Waals surface area contributed by atoms with Gasteiger partial charge in [0.1, 0.15) is 6.17 Å². The van der Waals surface area contributed by atoms with Gasteiger partial charge in [0, 0.05) is 6.04 Å². The lowest BCUT2D eigenvalue weighted by atomic mass is 10.1. The smallest absolute Gasteiger partial charge is 0.241 e. The van der Waals surface area contributed by atoms with Crippen LogP contribution < -0.4 is 5.32 Å². The summed E-state index contributed by atoms with van der Waals surface area (Å²) in [5.41, 5.74) is 1.24. The third-order valence-corrected chi connectivity index (χ3v) is 5.79. The first-order valence-corrected chi connectivity index (χ1v) is 9.09. The van der Waals surface area contributed by atoms with Crippen LogP contribution >= 0.6 is 23.1 Å². The van der Waals surface area contributed by atoms with Gasteiger partial charge in [0.15, 0.2) is 0 Å². The molecule has 1 amide bonds. The minimum Gasteiger partial charge on any atom is -0.318 e. The van der Waals surface area contributed by atoms with Gasteiger partial charge in [-0.1, -0.05) is 6.92 Å². The first-order chi connectivity index (χ1) is 9.31. The molecule has 1 N–H and O–H groups in total. The zero-order valence-corrected chi connectivity index (χ0v) is 12.8. The van der Waals surface area contributed by atoms with Crippen LogP contribution in [0.25, 0.3) is 0 Å². The second-order valence-electron chi connectivity index (χ2n) is 5.18. The van der Waals surface area contributed by atoms with Crippen molar-refractivity contribution < 1.29 is 4.79 Å². The maximum absolute atomic E-state index is 12.6. The highest BCUT2D eigenvalue weighted by Gasteiger charge is 2.42. The maximum Gasteiger partial charge on any atom is 0.241 e. The zero-order valence-electron chi connectivity index (χ0n) is 11.2. The molecule has 0 aromatic carbocycles. The number of nitrogens with one attached hydrogen (secondary N) is 1. The molecule has 5 heteroatoms. The Bertz CT molecular complexity index is 429. The number of amides is 1. The molecule has 2 aliphatic heterocycles. The van der Waals surface area contributed by atoms with Crippen molar-refractivity contribution in [3.63, 3.8) is 0 Å². The highest BCUT2D eigenvalue weighted by Crippen LogP contribution is 2.34. The highest BCUT2D eigenvalue weighted by molar-refractivity contribution is 7.99. The molecule has 0 saturated carbocycles. The van der Waals surface area contributed by atoms with Gasteiger partial charge in [-0.3, -0.25) is 10.1 Å². The molecule has 3 nitrogen and oxygen atoms in total. The quantitative estimate of drug-likeness (QED) is 0.931. The van der Waals surface area contributed by atoms with Crippen molar-refractivity contribution in [1.29, 1.82) is 0 Å². The Morgan fingerprint density at radius 2 is 2.21 bits per heavy atom. The van der Waals surface area contributed by atoms with Crippen LogP contribution in [0.15, 0.2) is 16.8 Å². The molecule has 2 atom stereocenters. The van der Waals surface area contributed by atoms with Crippen molar-refractivity contribution in [2.24, 2.45) is 0 Å². The van der Waals surface area contributed by atoms with E-state index in [-0.39, 0.29) is 12.2 Å². The van der Waals surface area contributed by atoms with Crippen molar-refractivity contribution in [2.75, 3.05) is 11.5 Å². The molecule has 104 valence electrons. The van der Waals surface area contributed by atoms with Gasteiger partial charge in [0.25, 0.3) is 0 Å². The minimum absolute atomic E-state index is 0.000482. The Balaban J connectivity index is 1.85. The number of thioether (sulfide) groups is 1. The second-order valence-corrected chi connectivity index (χ2v) is 7.18. The average molecular weight is 296 g/mol. The summed E-state index contributed by atoms with van der Waals surface area (Å²) in [5, 5.41) is 7.77. The van der Waals surface area contributed by atoms with Gasteiger partial charge in [0.05, 0.1) is 6.04 Å². The van der Waals surface area contributed by atoms with E-state index in [2.05, 4.69) is 34.0 Å². The van der Waals surface area contributed by atoms with Crippen LogP contribution in [0.2, 0.25) is 0 Å². The largest absolute Gasteiger partial charge is 0.318 e. The molecule has 2 fully saturated rings. The molecule has 2 aliphatic rings. The Labute approximate surface area is 122 Å². The van der Waals surface area contributed by atoms with Crippen molar-refractivity contribution >= 4 is 29.0 Å². The van der Waals surface area contributed by atoms with Crippen LogP contribution in [-0.2, 0) is 4.79 Å². The molecule has 0 radical (unpaired) electrons. The van der Waals surface area contributed by atoms with Gasteiger partial charge in [0.2, 0.25) is 5.91 Å². The predicted molar refractivity (Wildman–Crippen MR) is 81.5 cm³/mol. The summed E-state index contributed by atoms with van der Waals surface area (Å²) in [6, 6.07) is 2.56. The summed E-state index contributed by atoms with van der Waals surface area (Å²) >= 11 is 3.71. The molecule has 2 saturated heterocycles. The Kier molecular flexibility index (Phi) is 4.15. The Hall–Kier alpha value is -0.520. The molecular weight excluding hydrogens is 276 g/mol. The fourth-order valence-electron chi connectivity index (χ4n) is 2.98. The van der Waals surface area contributed by atoms with Crippen LogP contribution in [0.1, 0.15) is 37.9 Å². The summed E-state index contributed by atoms with van der Waals surface area (Å²) in [6.07, 6.45) is 3.23. The maximum atomic E-state index is 12.6. The van der Waals surface area contributed by atoms with E-state index in [0.29, 0.717) is 11.9 Å². The van der Waals surface area contributed by atoms with Crippen molar-refractivity contribution in [3.05, 3.63) is 22.4 Å². The Morgan fingerprint density at radius 3 is 2.84 bits per heavy atom. The van der Waals surface area contributed by atoms with E-state index in [9.17, 15) is 4.79 Å². The van der Waals surface area contributed by atoms with E-state index in [0.717, 1.165) is 19.3 Å². The number of hydrogen-bond donors (Lipinski definition) is 1. The minimum atomic E-state index is -0.000482. The van der Waals surface area contributed by atoms with Crippen molar-refractivity contribution in [2.45, 2.75) is 44.4 Å². The lowest BCUT2D eigenvalue weighted by Gasteiger charge is -2.34. The molecule has 1 aromatic rings. The summed E-state index contributed by atoms with van der Waals surface area (Å²) in [4.78, 5) is 14.7. The van der Waals surface area contributed by atoms with E-state index < -0.39 is 0 Å².